The lowest BCUT2D eigenvalue weighted by atomic mass is 10.3. The molecule has 13 heavy (non-hydrogen) atoms. The number of aromatic hydroxyl groups is 1. The fourth-order valence-corrected chi connectivity index (χ4v) is 0.911. The lowest BCUT2D eigenvalue weighted by Crippen LogP contribution is -2.10. The van der Waals surface area contributed by atoms with E-state index >= 15 is 0 Å². The number of hydrogen-bond acceptors (Lipinski definition) is 4. The van der Waals surface area contributed by atoms with Crippen molar-refractivity contribution in [3.63, 3.8) is 0 Å². The predicted molar refractivity (Wildman–Crippen MR) is 47.5 cm³/mol. The van der Waals surface area contributed by atoms with Gasteiger partial charge in [0.15, 0.2) is 5.75 Å². The maximum atomic E-state index is 10.1. The Morgan fingerprint density at radius 2 is 2.23 bits per heavy atom. The molecule has 0 aliphatic carbocycles. The zero-order valence-electron chi connectivity index (χ0n) is 7.07. The van der Waals surface area contributed by atoms with Crippen molar-refractivity contribution in [1.29, 1.82) is 0 Å². The summed E-state index contributed by atoms with van der Waals surface area (Å²) < 4.78 is 0. The molecule has 0 saturated carbocycles. The number of phenols is 1. The minimum Gasteiger partial charge on any atom is -0.508 e. The molecular weight excluding hydrogens is 172 g/mol. The van der Waals surface area contributed by atoms with E-state index in [1.807, 2.05) is 0 Å². The van der Waals surface area contributed by atoms with Gasteiger partial charge in [-0.2, -0.15) is 5.48 Å². The topological polar surface area (TPSA) is 70.6 Å². The fraction of sp³-hybridized carbons (Fsp3) is 0.125. The van der Waals surface area contributed by atoms with Crippen LogP contribution >= 0.6 is 0 Å². The molecule has 0 fully saturated rings. The maximum absolute atomic E-state index is 10.1. The second-order valence-electron chi connectivity index (χ2n) is 2.28. The van der Waals surface area contributed by atoms with E-state index in [2.05, 4.69) is 10.8 Å². The molecule has 5 nitrogen and oxygen atoms in total. The van der Waals surface area contributed by atoms with Crippen LogP contribution in [0.5, 0.6) is 11.5 Å². The van der Waals surface area contributed by atoms with Crippen molar-refractivity contribution < 1.29 is 14.7 Å². The standard InChI is InChI=1S/C8H10N2O3/c1-9-13-8-3-6(10-5-11)2-7(12)4-8/h2-5,9,12H,1H3,(H,10,11). The SMILES string of the molecule is CNOc1cc(O)cc(NC=O)c1. The highest BCUT2D eigenvalue weighted by molar-refractivity contribution is 5.72. The second-order valence-corrected chi connectivity index (χ2v) is 2.28. The van der Waals surface area contributed by atoms with E-state index in [0.717, 1.165) is 0 Å². The van der Waals surface area contributed by atoms with Crippen molar-refractivity contribution in [2.45, 2.75) is 0 Å². The van der Waals surface area contributed by atoms with E-state index in [0.29, 0.717) is 17.8 Å². The summed E-state index contributed by atoms with van der Waals surface area (Å²) in [5.41, 5.74) is 2.93. The van der Waals surface area contributed by atoms with Crippen molar-refractivity contribution in [2.75, 3.05) is 12.4 Å². The minimum atomic E-state index is 0.0251. The number of nitrogens with one attached hydrogen (secondary N) is 2. The van der Waals surface area contributed by atoms with E-state index in [4.69, 9.17) is 4.84 Å². The molecule has 1 aromatic carbocycles. The fourth-order valence-electron chi connectivity index (χ4n) is 0.911. The smallest absolute Gasteiger partial charge is 0.211 e. The van der Waals surface area contributed by atoms with Crippen LogP contribution < -0.4 is 15.6 Å². The molecule has 0 aromatic heterocycles. The third-order valence-corrected chi connectivity index (χ3v) is 1.34. The van der Waals surface area contributed by atoms with Gasteiger partial charge in [-0.3, -0.25) is 4.79 Å². The molecule has 0 spiro atoms. The molecule has 1 rings (SSSR count). The first-order valence-corrected chi connectivity index (χ1v) is 3.64. The van der Waals surface area contributed by atoms with Gasteiger partial charge in [0.25, 0.3) is 0 Å². The van der Waals surface area contributed by atoms with Gasteiger partial charge in [0.1, 0.15) is 5.75 Å². The zero-order chi connectivity index (χ0) is 9.68. The van der Waals surface area contributed by atoms with Crippen molar-refractivity contribution in [1.82, 2.24) is 5.48 Å². The average Bonchev–Trinajstić information content (AvgIpc) is 2.04. The normalized spacial score (nSPS) is 9.31. The molecule has 5 heteroatoms. The summed E-state index contributed by atoms with van der Waals surface area (Å²) in [6.45, 7) is 0. The van der Waals surface area contributed by atoms with Gasteiger partial charge in [-0.15, -0.1) is 0 Å². The first-order chi connectivity index (χ1) is 6.26. The van der Waals surface area contributed by atoms with Crippen LogP contribution in [0.25, 0.3) is 0 Å². The number of phenolic OH excluding ortho intramolecular Hbond substituents is 1. The van der Waals surface area contributed by atoms with Crippen LogP contribution in [0.4, 0.5) is 5.69 Å². The number of hydroxylamine groups is 1. The van der Waals surface area contributed by atoms with Crippen LogP contribution in [0, 0.1) is 0 Å². The molecule has 0 saturated heterocycles. The molecule has 0 bridgehead atoms. The van der Waals surface area contributed by atoms with E-state index < -0.39 is 0 Å². The van der Waals surface area contributed by atoms with Crippen LogP contribution in [-0.2, 0) is 4.79 Å². The van der Waals surface area contributed by atoms with Crippen LogP contribution in [0.15, 0.2) is 18.2 Å². The van der Waals surface area contributed by atoms with Crippen LogP contribution in [-0.4, -0.2) is 18.6 Å². The summed E-state index contributed by atoms with van der Waals surface area (Å²) in [5, 5.41) is 11.6. The minimum absolute atomic E-state index is 0.0251. The number of anilines is 1. The lowest BCUT2D eigenvalue weighted by Gasteiger charge is -2.05. The van der Waals surface area contributed by atoms with Crippen molar-refractivity contribution in [2.24, 2.45) is 0 Å². The van der Waals surface area contributed by atoms with Gasteiger partial charge in [-0.25, -0.2) is 0 Å². The zero-order valence-corrected chi connectivity index (χ0v) is 7.07. The average molecular weight is 182 g/mol. The van der Waals surface area contributed by atoms with Gasteiger partial charge in [-0.05, 0) is 0 Å². The highest BCUT2D eigenvalue weighted by Crippen LogP contribution is 2.24. The highest BCUT2D eigenvalue weighted by atomic mass is 16.6. The van der Waals surface area contributed by atoms with Gasteiger partial charge in [0.2, 0.25) is 6.41 Å². The molecular formula is C8H10N2O3. The van der Waals surface area contributed by atoms with E-state index in [1.165, 1.54) is 12.1 Å². The Kier molecular flexibility index (Phi) is 3.10. The molecule has 0 heterocycles. The van der Waals surface area contributed by atoms with Crippen molar-refractivity contribution >= 4 is 12.1 Å². The first kappa shape index (κ1) is 9.34. The van der Waals surface area contributed by atoms with Gasteiger partial charge in [0, 0.05) is 30.9 Å². The molecule has 0 atom stereocenters. The molecule has 3 N–H and O–H groups in total. The van der Waals surface area contributed by atoms with Crippen molar-refractivity contribution in [3.05, 3.63) is 18.2 Å². The summed E-state index contributed by atoms with van der Waals surface area (Å²) >= 11 is 0. The summed E-state index contributed by atoms with van der Waals surface area (Å²) in [6.07, 6.45) is 0.526. The van der Waals surface area contributed by atoms with Gasteiger partial charge in [-0.1, -0.05) is 0 Å². The van der Waals surface area contributed by atoms with E-state index in [1.54, 1.807) is 13.1 Å². The van der Waals surface area contributed by atoms with Gasteiger partial charge >= 0.3 is 0 Å². The highest BCUT2D eigenvalue weighted by Gasteiger charge is 1.99. The number of hydrogen-bond donors (Lipinski definition) is 3. The van der Waals surface area contributed by atoms with Gasteiger partial charge < -0.3 is 15.3 Å². The predicted octanol–water partition coefficient (Wildman–Crippen LogP) is 0.474. The Bertz CT molecular complexity index is 301. The number of carbonyl (C=O) groups excluding carboxylic acids is 1. The third-order valence-electron chi connectivity index (χ3n) is 1.34. The molecule has 0 aliphatic rings. The molecule has 0 radical (unpaired) electrons. The maximum Gasteiger partial charge on any atom is 0.211 e. The number of rotatable bonds is 4. The number of amides is 1. The molecule has 1 amide bonds. The van der Waals surface area contributed by atoms with E-state index in [-0.39, 0.29) is 5.75 Å². The van der Waals surface area contributed by atoms with Crippen LogP contribution in [0.3, 0.4) is 0 Å². The first-order valence-electron chi connectivity index (χ1n) is 3.64. The largest absolute Gasteiger partial charge is 0.508 e. The Balaban J connectivity index is 2.89. The Labute approximate surface area is 75.3 Å². The Hall–Kier alpha value is -1.75. The second kappa shape index (κ2) is 4.32. The Morgan fingerprint density at radius 1 is 1.46 bits per heavy atom. The summed E-state index contributed by atoms with van der Waals surface area (Å²) in [7, 11) is 1.59. The molecule has 1 aromatic rings. The van der Waals surface area contributed by atoms with Gasteiger partial charge in [0.05, 0.1) is 0 Å². The number of carbonyl (C=O) groups is 1. The summed E-state index contributed by atoms with van der Waals surface area (Å²) in [6, 6.07) is 4.41. The quantitative estimate of drug-likeness (QED) is 0.467. The van der Waals surface area contributed by atoms with Crippen LogP contribution in [0.2, 0.25) is 0 Å². The van der Waals surface area contributed by atoms with E-state index in [9.17, 15) is 9.90 Å². The van der Waals surface area contributed by atoms with Crippen LogP contribution in [0.1, 0.15) is 0 Å². The molecule has 0 unspecified atom stereocenters. The summed E-state index contributed by atoms with van der Waals surface area (Å²) in [5.74, 6) is 0.448. The lowest BCUT2D eigenvalue weighted by molar-refractivity contribution is -0.105. The third kappa shape index (κ3) is 2.64. The Morgan fingerprint density at radius 3 is 2.85 bits per heavy atom. The van der Waals surface area contributed by atoms with Crippen molar-refractivity contribution in [3.8, 4) is 11.5 Å². The number of benzene rings is 1. The summed E-state index contributed by atoms with van der Waals surface area (Å²) in [4.78, 5) is 15.0. The monoisotopic (exact) mass is 182 g/mol. The molecule has 70 valence electrons. The molecule has 0 aliphatic heterocycles.